The molecule has 2 fully saturated rings. The lowest BCUT2D eigenvalue weighted by Gasteiger charge is -2.32. The van der Waals surface area contributed by atoms with Gasteiger partial charge in [-0.2, -0.15) is 0 Å². The van der Waals surface area contributed by atoms with Gasteiger partial charge in [-0.05, 0) is 44.6 Å². The monoisotopic (exact) mass is 197 g/mol. The van der Waals surface area contributed by atoms with E-state index in [-0.39, 0.29) is 6.10 Å². The van der Waals surface area contributed by atoms with E-state index < -0.39 is 0 Å². The van der Waals surface area contributed by atoms with E-state index in [4.69, 9.17) is 0 Å². The quantitative estimate of drug-likeness (QED) is 0.710. The smallest absolute Gasteiger partial charge is 0.0569 e. The zero-order valence-electron chi connectivity index (χ0n) is 9.04. The highest BCUT2D eigenvalue weighted by Crippen LogP contribution is 2.29. The fourth-order valence-electron chi connectivity index (χ4n) is 2.95. The third-order valence-electron chi connectivity index (χ3n) is 3.87. The highest BCUT2D eigenvalue weighted by molar-refractivity contribution is 4.81. The molecule has 0 bridgehead atoms. The van der Waals surface area contributed by atoms with Gasteiger partial charge in [0.1, 0.15) is 0 Å². The maximum Gasteiger partial charge on any atom is 0.0569 e. The maximum absolute atomic E-state index is 9.87. The molecule has 0 amide bonds. The van der Waals surface area contributed by atoms with Crippen molar-refractivity contribution in [1.82, 2.24) is 5.32 Å². The van der Waals surface area contributed by atoms with Gasteiger partial charge in [0.15, 0.2) is 0 Å². The van der Waals surface area contributed by atoms with Crippen molar-refractivity contribution in [1.29, 1.82) is 0 Å². The largest absolute Gasteiger partial charge is 0.393 e. The van der Waals surface area contributed by atoms with Crippen LogP contribution in [0.15, 0.2) is 0 Å². The van der Waals surface area contributed by atoms with Crippen LogP contribution in [0.1, 0.15) is 51.4 Å². The molecule has 2 heteroatoms. The second-order valence-electron chi connectivity index (χ2n) is 4.99. The predicted molar refractivity (Wildman–Crippen MR) is 58.2 cm³/mol. The van der Waals surface area contributed by atoms with Crippen LogP contribution in [-0.2, 0) is 0 Å². The van der Waals surface area contributed by atoms with E-state index in [2.05, 4.69) is 5.32 Å². The molecule has 1 heterocycles. The van der Waals surface area contributed by atoms with Crippen LogP contribution in [0.3, 0.4) is 0 Å². The highest BCUT2D eigenvalue weighted by atomic mass is 16.3. The molecular weight excluding hydrogens is 174 g/mol. The number of aliphatic hydroxyl groups is 1. The lowest BCUT2D eigenvalue weighted by molar-refractivity contribution is 0.0575. The number of hydrogen-bond donors (Lipinski definition) is 2. The van der Waals surface area contributed by atoms with E-state index in [1.54, 1.807) is 0 Å². The average molecular weight is 197 g/mol. The van der Waals surface area contributed by atoms with E-state index in [9.17, 15) is 5.11 Å². The molecule has 1 unspecified atom stereocenters. The molecule has 0 aromatic rings. The van der Waals surface area contributed by atoms with Gasteiger partial charge in [-0.1, -0.05) is 19.3 Å². The number of aliphatic hydroxyl groups excluding tert-OH is 1. The fraction of sp³-hybridized carbons (Fsp3) is 1.00. The molecule has 1 aliphatic heterocycles. The lowest BCUT2D eigenvalue weighted by atomic mass is 9.81. The van der Waals surface area contributed by atoms with Gasteiger partial charge >= 0.3 is 0 Å². The molecule has 0 spiro atoms. The molecule has 2 nitrogen and oxygen atoms in total. The van der Waals surface area contributed by atoms with Gasteiger partial charge in [-0.25, -0.2) is 0 Å². The Balaban J connectivity index is 1.76. The van der Waals surface area contributed by atoms with E-state index in [1.165, 1.54) is 51.5 Å². The summed E-state index contributed by atoms with van der Waals surface area (Å²) in [6, 6.07) is 0.696. The van der Waals surface area contributed by atoms with Crippen LogP contribution >= 0.6 is 0 Å². The number of nitrogens with one attached hydrogen (secondary N) is 1. The summed E-state index contributed by atoms with van der Waals surface area (Å²) in [5, 5.41) is 13.4. The zero-order valence-corrected chi connectivity index (χ0v) is 9.04. The Morgan fingerprint density at radius 2 is 1.79 bits per heavy atom. The minimum atomic E-state index is -0.00697. The first-order valence-electron chi connectivity index (χ1n) is 6.28. The first kappa shape index (κ1) is 10.4. The van der Waals surface area contributed by atoms with Crippen LogP contribution in [0.5, 0.6) is 0 Å². The molecule has 1 aliphatic carbocycles. The molecule has 14 heavy (non-hydrogen) atoms. The summed E-state index contributed by atoms with van der Waals surface area (Å²) in [5.74, 6) is 0.583. The molecule has 2 N–H and O–H groups in total. The summed E-state index contributed by atoms with van der Waals surface area (Å²) < 4.78 is 0. The Kier molecular flexibility index (Phi) is 3.82. The van der Waals surface area contributed by atoms with Gasteiger partial charge < -0.3 is 10.4 Å². The minimum absolute atomic E-state index is 0.00697. The normalized spacial score (nSPS) is 39.6. The van der Waals surface area contributed by atoms with Crippen LogP contribution in [-0.4, -0.2) is 23.8 Å². The molecule has 1 saturated carbocycles. The Hall–Kier alpha value is -0.0800. The number of piperidine rings is 1. The van der Waals surface area contributed by atoms with Crippen LogP contribution in [0, 0.1) is 5.92 Å². The summed E-state index contributed by atoms with van der Waals surface area (Å²) in [5.41, 5.74) is 0. The summed E-state index contributed by atoms with van der Waals surface area (Å²) >= 11 is 0. The van der Waals surface area contributed by atoms with Crippen LogP contribution in [0.4, 0.5) is 0 Å². The molecule has 0 aromatic heterocycles. The van der Waals surface area contributed by atoms with Crippen LogP contribution < -0.4 is 5.32 Å². The number of hydrogen-bond acceptors (Lipinski definition) is 2. The first-order valence-corrected chi connectivity index (χ1v) is 6.28. The van der Waals surface area contributed by atoms with Crippen molar-refractivity contribution in [3.05, 3.63) is 0 Å². The third-order valence-corrected chi connectivity index (χ3v) is 3.87. The van der Waals surface area contributed by atoms with Gasteiger partial charge in [0.05, 0.1) is 6.10 Å². The Morgan fingerprint density at radius 1 is 1.00 bits per heavy atom. The van der Waals surface area contributed by atoms with Crippen molar-refractivity contribution in [2.75, 3.05) is 6.54 Å². The van der Waals surface area contributed by atoms with Crippen molar-refractivity contribution >= 4 is 0 Å². The predicted octanol–water partition coefficient (Wildman–Crippen LogP) is 2.07. The van der Waals surface area contributed by atoms with E-state index >= 15 is 0 Å². The SMILES string of the molecule is O[C@H]1CCCC[C@@H]1CC1CCCCN1. The van der Waals surface area contributed by atoms with Crippen molar-refractivity contribution < 1.29 is 5.11 Å². The minimum Gasteiger partial charge on any atom is -0.393 e. The van der Waals surface area contributed by atoms with Gasteiger partial charge in [-0.15, -0.1) is 0 Å². The zero-order chi connectivity index (χ0) is 9.80. The molecule has 0 radical (unpaired) electrons. The van der Waals surface area contributed by atoms with Crippen molar-refractivity contribution in [3.63, 3.8) is 0 Å². The summed E-state index contributed by atoms with van der Waals surface area (Å²) in [4.78, 5) is 0. The molecular formula is C12H23NO. The second-order valence-corrected chi connectivity index (χ2v) is 4.99. The van der Waals surface area contributed by atoms with E-state index in [1.807, 2.05) is 0 Å². The van der Waals surface area contributed by atoms with Crippen LogP contribution in [0.25, 0.3) is 0 Å². The van der Waals surface area contributed by atoms with Gasteiger partial charge in [-0.3, -0.25) is 0 Å². The van der Waals surface area contributed by atoms with Crippen molar-refractivity contribution in [3.8, 4) is 0 Å². The number of rotatable bonds is 2. The van der Waals surface area contributed by atoms with E-state index in [0.29, 0.717) is 12.0 Å². The standard InChI is InChI=1S/C12H23NO/c14-12-7-2-1-5-10(12)9-11-6-3-4-8-13-11/h10-14H,1-9H2/t10-,11?,12+/m1/s1. The van der Waals surface area contributed by atoms with E-state index in [0.717, 1.165) is 6.42 Å². The van der Waals surface area contributed by atoms with Gasteiger partial charge in [0.25, 0.3) is 0 Å². The van der Waals surface area contributed by atoms with Crippen molar-refractivity contribution in [2.45, 2.75) is 63.5 Å². The molecule has 2 aliphatic rings. The molecule has 0 aromatic carbocycles. The molecule has 2 rings (SSSR count). The highest BCUT2D eigenvalue weighted by Gasteiger charge is 2.26. The summed E-state index contributed by atoms with van der Waals surface area (Å²) in [6.45, 7) is 1.19. The molecule has 1 saturated heterocycles. The Morgan fingerprint density at radius 3 is 2.50 bits per heavy atom. The maximum atomic E-state index is 9.87. The molecule has 3 atom stereocenters. The van der Waals surface area contributed by atoms with Crippen LogP contribution in [0.2, 0.25) is 0 Å². The summed E-state index contributed by atoms with van der Waals surface area (Å²) in [7, 11) is 0. The molecule has 82 valence electrons. The van der Waals surface area contributed by atoms with Gasteiger partial charge in [0.2, 0.25) is 0 Å². The third kappa shape index (κ3) is 2.71. The second kappa shape index (κ2) is 5.13. The summed E-state index contributed by atoms with van der Waals surface area (Å²) in [6.07, 6.45) is 10.1. The lowest BCUT2D eigenvalue weighted by Crippen LogP contribution is -2.38. The topological polar surface area (TPSA) is 32.3 Å². The Labute approximate surface area is 87.1 Å². The first-order chi connectivity index (χ1) is 6.86. The Bertz CT molecular complexity index is 166. The van der Waals surface area contributed by atoms with Gasteiger partial charge in [0, 0.05) is 6.04 Å². The average Bonchev–Trinajstić information content (AvgIpc) is 2.23. The fourth-order valence-corrected chi connectivity index (χ4v) is 2.95. The van der Waals surface area contributed by atoms with Crippen molar-refractivity contribution in [2.24, 2.45) is 5.92 Å².